The van der Waals surface area contributed by atoms with Crippen LogP contribution in [0.3, 0.4) is 0 Å². The monoisotopic (exact) mass is 373 g/mol. The van der Waals surface area contributed by atoms with Gasteiger partial charge >= 0.3 is 5.97 Å². The number of esters is 1. The molecule has 1 saturated heterocycles. The van der Waals surface area contributed by atoms with Crippen molar-refractivity contribution in [3.8, 4) is 0 Å². The second-order valence-electron chi connectivity index (χ2n) is 7.02. The van der Waals surface area contributed by atoms with Crippen molar-refractivity contribution in [1.82, 2.24) is 10.3 Å². The fraction of sp³-hybridized carbons (Fsp3) is 0.688. The number of amides is 1. The van der Waals surface area contributed by atoms with Crippen molar-refractivity contribution in [1.29, 1.82) is 0 Å². The number of hydrogen-bond donors (Lipinski definition) is 1. The normalized spacial score (nSPS) is 18.4. The number of thiazole rings is 1. The van der Waals surface area contributed by atoms with Crippen LogP contribution in [0.25, 0.3) is 0 Å². The van der Waals surface area contributed by atoms with Crippen LogP contribution in [-0.2, 0) is 9.53 Å². The molecule has 1 aromatic rings. The lowest BCUT2D eigenvalue weighted by molar-refractivity contribution is -0.128. The largest absolute Gasteiger partial charge is 0.465 e. The Morgan fingerprint density at radius 1 is 1.46 bits per heavy atom. The first-order valence-corrected chi connectivity index (χ1v) is 9.19. The second kappa shape index (κ2) is 7.70. The van der Waals surface area contributed by atoms with Crippen LogP contribution in [0.15, 0.2) is 0 Å². The molecule has 8 heteroatoms. The van der Waals surface area contributed by atoms with Gasteiger partial charge in [0.05, 0.1) is 7.11 Å². The predicted octanol–water partition coefficient (Wildman–Crippen LogP) is 2.96. The lowest BCUT2D eigenvalue weighted by Gasteiger charge is -2.33. The molecule has 24 heavy (non-hydrogen) atoms. The van der Waals surface area contributed by atoms with Gasteiger partial charge in [-0.2, -0.15) is 0 Å². The van der Waals surface area contributed by atoms with Crippen molar-refractivity contribution in [3.05, 3.63) is 10.0 Å². The molecule has 0 aromatic carbocycles. The summed E-state index contributed by atoms with van der Waals surface area (Å²) < 4.78 is 4.72. The number of ether oxygens (including phenoxy) is 1. The Kier molecular flexibility index (Phi) is 6.09. The summed E-state index contributed by atoms with van der Waals surface area (Å²) in [5, 5.41) is 3.94. The zero-order chi connectivity index (χ0) is 17.9. The van der Waals surface area contributed by atoms with E-state index in [0.29, 0.717) is 17.3 Å². The van der Waals surface area contributed by atoms with Gasteiger partial charge in [0.1, 0.15) is 0 Å². The summed E-state index contributed by atoms with van der Waals surface area (Å²) in [6, 6.07) is 0. The smallest absolute Gasteiger partial charge is 0.351 e. The number of piperidine rings is 1. The topological polar surface area (TPSA) is 71.5 Å². The number of aromatic nitrogens is 1. The molecule has 1 fully saturated rings. The molecule has 0 aliphatic carbocycles. The van der Waals surface area contributed by atoms with E-state index < -0.39 is 5.97 Å². The SMILES string of the molecule is COC(=O)c1sc(N2CCCC(CNC(=O)C(C)(C)C)C2)nc1Cl. The fourth-order valence-electron chi connectivity index (χ4n) is 2.55. The first-order valence-electron chi connectivity index (χ1n) is 8.00. The average Bonchev–Trinajstić information content (AvgIpc) is 2.93. The van der Waals surface area contributed by atoms with Crippen molar-refractivity contribution >= 4 is 39.9 Å². The Morgan fingerprint density at radius 2 is 2.17 bits per heavy atom. The molecule has 134 valence electrons. The van der Waals surface area contributed by atoms with Crippen LogP contribution in [0.2, 0.25) is 5.15 Å². The highest BCUT2D eigenvalue weighted by Crippen LogP contribution is 2.32. The zero-order valence-electron chi connectivity index (χ0n) is 14.5. The molecule has 6 nitrogen and oxygen atoms in total. The number of rotatable bonds is 4. The maximum Gasteiger partial charge on any atom is 0.351 e. The predicted molar refractivity (Wildman–Crippen MR) is 95.9 cm³/mol. The Balaban J connectivity index is 1.98. The van der Waals surface area contributed by atoms with Crippen molar-refractivity contribution in [2.45, 2.75) is 33.6 Å². The van der Waals surface area contributed by atoms with Gasteiger partial charge in [0.15, 0.2) is 15.2 Å². The highest BCUT2D eigenvalue weighted by atomic mass is 35.5. The fourth-order valence-corrected chi connectivity index (χ4v) is 3.79. The molecule has 1 aliphatic rings. The maximum atomic E-state index is 12.0. The molecule has 0 radical (unpaired) electrons. The van der Waals surface area contributed by atoms with Gasteiger partial charge in [0, 0.05) is 25.0 Å². The van der Waals surface area contributed by atoms with Gasteiger partial charge in [-0.05, 0) is 18.8 Å². The molecular weight excluding hydrogens is 350 g/mol. The van der Waals surface area contributed by atoms with Gasteiger partial charge in [-0.15, -0.1) is 0 Å². The Labute approximate surface area is 151 Å². The summed E-state index contributed by atoms with van der Waals surface area (Å²) in [4.78, 5) is 30.4. The van der Waals surface area contributed by atoms with E-state index in [4.69, 9.17) is 16.3 Å². The molecule has 1 atom stereocenters. The molecule has 1 unspecified atom stereocenters. The Morgan fingerprint density at radius 3 is 2.79 bits per heavy atom. The molecule has 1 amide bonds. The minimum Gasteiger partial charge on any atom is -0.465 e. The highest BCUT2D eigenvalue weighted by Gasteiger charge is 2.27. The van der Waals surface area contributed by atoms with Crippen LogP contribution in [0, 0.1) is 11.3 Å². The number of carbonyl (C=O) groups is 2. The summed E-state index contributed by atoms with van der Waals surface area (Å²) in [6.45, 7) is 8.02. The lowest BCUT2D eigenvalue weighted by atomic mass is 9.94. The van der Waals surface area contributed by atoms with Gasteiger partial charge in [-0.1, -0.05) is 43.7 Å². The minimum absolute atomic E-state index is 0.0601. The number of anilines is 1. The second-order valence-corrected chi connectivity index (χ2v) is 8.36. The molecule has 1 aromatic heterocycles. The van der Waals surface area contributed by atoms with Crippen LogP contribution in [0.5, 0.6) is 0 Å². The van der Waals surface area contributed by atoms with Crippen molar-refractivity contribution in [3.63, 3.8) is 0 Å². The summed E-state index contributed by atoms with van der Waals surface area (Å²) >= 11 is 7.29. The van der Waals surface area contributed by atoms with Gasteiger partial charge in [-0.3, -0.25) is 4.79 Å². The Hall–Kier alpha value is -1.34. The van der Waals surface area contributed by atoms with E-state index >= 15 is 0 Å². The minimum atomic E-state index is -0.463. The Bertz CT molecular complexity index is 612. The highest BCUT2D eigenvalue weighted by molar-refractivity contribution is 7.18. The van der Waals surface area contributed by atoms with E-state index in [1.807, 2.05) is 20.8 Å². The van der Waals surface area contributed by atoms with E-state index in [-0.39, 0.29) is 16.5 Å². The molecule has 1 aliphatic heterocycles. The van der Waals surface area contributed by atoms with Gasteiger partial charge in [0.25, 0.3) is 0 Å². The van der Waals surface area contributed by atoms with Crippen LogP contribution < -0.4 is 10.2 Å². The third-order valence-electron chi connectivity index (χ3n) is 3.97. The van der Waals surface area contributed by atoms with Crippen molar-refractivity contribution in [2.75, 3.05) is 31.6 Å². The van der Waals surface area contributed by atoms with Gasteiger partial charge < -0.3 is 15.0 Å². The van der Waals surface area contributed by atoms with Crippen LogP contribution >= 0.6 is 22.9 Å². The van der Waals surface area contributed by atoms with Gasteiger partial charge in [0.2, 0.25) is 5.91 Å². The summed E-state index contributed by atoms with van der Waals surface area (Å²) in [5.74, 6) is -0.0473. The third-order valence-corrected chi connectivity index (χ3v) is 5.45. The van der Waals surface area contributed by atoms with E-state index in [2.05, 4.69) is 15.2 Å². The molecule has 0 bridgehead atoms. The first kappa shape index (κ1) is 19.0. The van der Waals surface area contributed by atoms with Crippen molar-refractivity contribution in [2.24, 2.45) is 11.3 Å². The van der Waals surface area contributed by atoms with E-state index in [9.17, 15) is 9.59 Å². The standard InChI is InChI=1S/C16H24ClN3O3S/c1-16(2,3)14(22)18-8-10-6-5-7-20(9-10)15-19-12(17)11(24-15)13(21)23-4/h10H,5-9H2,1-4H3,(H,18,22). The number of methoxy groups -OCH3 is 1. The first-order chi connectivity index (χ1) is 11.2. The van der Waals surface area contributed by atoms with Gasteiger partial charge in [-0.25, -0.2) is 9.78 Å². The summed E-state index contributed by atoms with van der Waals surface area (Å²) in [7, 11) is 1.33. The third kappa shape index (κ3) is 4.60. The quantitative estimate of drug-likeness (QED) is 0.821. The molecule has 1 N–H and O–H groups in total. The van der Waals surface area contributed by atoms with Crippen molar-refractivity contribution < 1.29 is 14.3 Å². The molecule has 0 spiro atoms. The number of nitrogens with one attached hydrogen (secondary N) is 1. The van der Waals surface area contributed by atoms with Crippen LogP contribution in [-0.4, -0.2) is 43.6 Å². The number of carbonyl (C=O) groups excluding carboxylic acids is 2. The summed E-state index contributed by atoms with van der Waals surface area (Å²) in [6.07, 6.45) is 2.07. The lowest BCUT2D eigenvalue weighted by Crippen LogP contribution is -2.43. The number of halogens is 1. The number of nitrogens with zero attached hydrogens (tertiary/aromatic N) is 2. The maximum absolute atomic E-state index is 12.0. The van der Waals surface area contributed by atoms with Crippen LogP contribution in [0.1, 0.15) is 43.3 Å². The molecule has 2 heterocycles. The average molecular weight is 374 g/mol. The van der Waals surface area contributed by atoms with E-state index in [1.165, 1.54) is 18.4 Å². The zero-order valence-corrected chi connectivity index (χ0v) is 16.1. The molecular formula is C16H24ClN3O3S. The van der Waals surface area contributed by atoms with Crippen LogP contribution in [0.4, 0.5) is 5.13 Å². The van der Waals surface area contributed by atoms with E-state index in [1.54, 1.807) is 0 Å². The van der Waals surface area contributed by atoms with E-state index in [0.717, 1.165) is 31.1 Å². The summed E-state index contributed by atoms with van der Waals surface area (Å²) in [5.41, 5.74) is -0.382. The number of hydrogen-bond acceptors (Lipinski definition) is 6. The molecule has 0 saturated carbocycles. The molecule has 2 rings (SSSR count).